The Labute approximate surface area is 146 Å². The van der Waals surface area contributed by atoms with Crippen LogP contribution >= 0.6 is 11.6 Å². The number of hydrogen-bond acceptors (Lipinski definition) is 3. The fourth-order valence-electron chi connectivity index (χ4n) is 2.85. The zero-order chi connectivity index (χ0) is 16.9. The quantitative estimate of drug-likeness (QED) is 0.774. The van der Waals surface area contributed by atoms with E-state index in [-0.39, 0.29) is 11.7 Å². The van der Waals surface area contributed by atoms with Crippen LogP contribution in [0.2, 0.25) is 5.02 Å². The van der Waals surface area contributed by atoms with Gasteiger partial charge >= 0.3 is 6.09 Å². The Balaban J connectivity index is 1.56. The van der Waals surface area contributed by atoms with E-state index in [0.717, 1.165) is 5.56 Å². The van der Waals surface area contributed by atoms with Crippen molar-refractivity contribution in [3.05, 3.63) is 65.2 Å². The van der Waals surface area contributed by atoms with Crippen molar-refractivity contribution in [2.75, 3.05) is 13.1 Å². The summed E-state index contributed by atoms with van der Waals surface area (Å²) in [7, 11) is 0. The number of Topliss-reactive ketones (excluding diaryl/α,β-unsaturated/α-hetero) is 1. The van der Waals surface area contributed by atoms with Gasteiger partial charge in [0.1, 0.15) is 0 Å². The van der Waals surface area contributed by atoms with Gasteiger partial charge in [-0.2, -0.15) is 0 Å². The molecule has 2 aromatic carbocycles. The predicted molar refractivity (Wildman–Crippen MR) is 92.5 cm³/mol. The molecule has 0 spiro atoms. The Bertz CT molecular complexity index is 724. The van der Waals surface area contributed by atoms with E-state index in [4.69, 9.17) is 16.3 Å². The van der Waals surface area contributed by atoms with Crippen LogP contribution in [0.3, 0.4) is 0 Å². The summed E-state index contributed by atoms with van der Waals surface area (Å²) < 4.78 is 5.34. The minimum atomic E-state index is -0.422. The second kappa shape index (κ2) is 7.49. The van der Waals surface area contributed by atoms with Crippen molar-refractivity contribution in [2.45, 2.75) is 12.8 Å². The maximum Gasteiger partial charge on any atom is 0.415 e. The molecule has 0 bridgehead atoms. The minimum Gasteiger partial charge on any atom is -0.409 e. The molecule has 0 radical (unpaired) electrons. The number of carbonyl (C=O) groups excluding carboxylic acids is 2. The summed E-state index contributed by atoms with van der Waals surface area (Å²) in [5, 5.41) is 0.403. The van der Waals surface area contributed by atoms with Gasteiger partial charge in [0.05, 0.1) is 5.02 Å². The first-order valence-electron chi connectivity index (χ1n) is 7.95. The van der Waals surface area contributed by atoms with E-state index >= 15 is 0 Å². The molecule has 1 saturated heterocycles. The topological polar surface area (TPSA) is 46.6 Å². The van der Waals surface area contributed by atoms with Crippen molar-refractivity contribution in [1.29, 1.82) is 0 Å². The van der Waals surface area contributed by atoms with Crippen molar-refractivity contribution in [3.63, 3.8) is 0 Å². The lowest BCUT2D eigenvalue weighted by atomic mass is 9.89. The Morgan fingerprint density at radius 1 is 0.958 bits per heavy atom. The van der Waals surface area contributed by atoms with Crippen LogP contribution in [0.1, 0.15) is 23.2 Å². The Morgan fingerprint density at radius 2 is 1.58 bits per heavy atom. The largest absolute Gasteiger partial charge is 0.415 e. The molecule has 1 fully saturated rings. The Morgan fingerprint density at radius 3 is 2.25 bits per heavy atom. The van der Waals surface area contributed by atoms with Crippen LogP contribution in [0.15, 0.2) is 54.6 Å². The van der Waals surface area contributed by atoms with Crippen LogP contribution in [-0.2, 0) is 0 Å². The third kappa shape index (κ3) is 3.77. The van der Waals surface area contributed by atoms with Crippen molar-refractivity contribution in [1.82, 2.24) is 4.90 Å². The number of halogens is 1. The molecule has 1 aliphatic rings. The summed E-state index contributed by atoms with van der Waals surface area (Å²) in [6.07, 6.45) is 0.866. The van der Waals surface area contributed by atoms with Crippen LogP contribution in [0.5, 0.6) is 5.75 Å². The predicted octanol–water partition coefficient (Wildman–Crippen LogP) is 4.43. The summed E-state index contributed by atoms with van der Waals surface area (Å²) in [6.45, 7) is 1.01. The maximum atomic E-state index is 12.5. The molecule has 2 aromatic rings. The van der Waals surface area contributed by atoms with Gasteiger partial charge in [-0.05, 0) is 25.0 Å². The van der Waals surface area contributed by atoms with Gasteiger partial charge in [0.15, 0.2) is 11.5 Å². The monoisotopic (exact) mass is 343 g/mol. The number of carbonyl (C=O) groups is 2. The van der Waals surface area contributed by atoms with Gasteiger partial charge in [0, 0.05) is 24.6 Å². The number of para-hydroxylation sites is 1. The molecule has 0 unspecified atom stereocenters. The van der Waals surface area contributed by atoms with E-state index in [2.05, 4.69) is 0 Å². The highest BCUT2D eigenvalue weighted by atomic mass is 35.5. The molecule has 3 rings (SSSR count). The first-order valence-corrected chi connectivity index (χ1v) is 8.33. The fourth-order valence-corrected chi connectivity index (χ4v) is 3.02. The lowest BCUT2D eigenvalue weighted by Gasteiger charge is -2.30. The molecule has 0 aromatic heterocycles. The molecule has 0 N–H and O–H groups in total. The van der Waals surface area contributed by atoms with Gasteiger partial charge in [0.25, 0.3) is 0 Å². The number of ketones is 1. The molecule has 124 valence electrons. The summed E-state index contributed by atoms with van der Waals surface area (Å²) in [6, 6.07) is 16.2. The maximum absolute atomic E-state index is 12.5. The zero-order valence-corrected chi connectivity index (χ0v) is 13.9. The summed E-state index contributed by atoms with van der Waals surface area (Å²) in [5.74, 6) is 0.457. The van der Waals surface area contributed by atoms with E-state index < -0.39 is 6.09 Å². The number of likely N-dealkylation sites (tertiary alicyclic amines) is 1. The normalized spacial score (nSPS) is 15.1. The third-order valence-electron chi connectivity index (χ3n) is 4.22. The average molecular weight is 344 g/mol. The highest BCUT2D eigenvalue weighted by Crippen LogP contribution is 2.26. The molecule has 5 heteroatoms. The number of benzene rings is 2. The van der Waals surface area contributed by atoms with Crippen LogP contribution in [-0.4, -0.2) is 29.9 Å². The number of nitrogens with zero attached hydrogens (tertiary/aromatic N) is 1. The molecular formula is C19H18ClNO3. The molecule has 4 nitrogen and oxygen atoms in total. The molecule has 0 atom stereocenters. The molecule has 0 aliphatic carbocycles. The van der Waals surface area contributed by atoms with E-state index in [0.29, 0.717) is 36.7 Å². The van der Waals surface area contributed by atoms with Crippen LogP contribution < -0.4 is 4.74 Å². The molecule has 1 amide bonds. The van der Waals surface area contributed by atoms with Crippen molar-refractivity contribution in [2.24, 2.45) is 5.92 Å². The molecule has 1 heterocycles. The van der Waals surface area contributed by atoms with E-state index in [1.807, 2.05) is 30.3 Å². The number of amides is 1. The van der Waals surface area contributed by atoms with Crippen LogP contribution in [0.25, 0.3) is 0 Å². The van der Waals surface area contributed by atoms with Gasteiger partial charge < -0.3 is 9.64 Å². The van der Waals surface area contributed by atoms with E-state index in [1.165, 1.54) is 0 Å². The minimum absolute atomic E-state index is 0.0447. The average Bonchev–Trinajstić information content (AvgIpc) is 2.64. The van der Waals surface area contributed by atoms with Gasteiger partial charge in [-0.25, -0.2) is 4.79 Å². The molecule has 24 heavy (non-hydrogen) atoms. The van der Waals surface area contributed by atoms with E-state index in [9.17, 15) is 9.59 Å². The van der Waals surface area contributed by atoms with Crippen molar-refractivity contribution < 1.29 is 14.3 Å². The van der Waals surface area contributed by atoms with Gasteiger partial charge in [0.2, 0.25) is 0 Å². The number of rotatable bonds is 3. The van der Waals surface area contributed by atoms with Crippen LogP contribution in [0, 0.1) is 5.92 Å². The highest BCUT2D eigenvalue weighted by Gasteiger charge is 2.28. The SMILES string of the molecule is O=C(c1ccccc1)C1CCN(C(=O)Oc2ccccc2Cl)CC1. The second-order valence-corrected chi connectivity index (χ2v) is 6.20. The Hall–Kier alpha value is -2.33. The van der Waals surface area contributed by atoms with Gasteiger partial charge in [-0.1, -0.05) is 54.1 Å². The van der Waals surface area contributed by atoms with Crippen molar-refractivity contribution in [3.8, 4) is 5.75 Å². The van der Waals surface area contributed by atoms with E-state index in [1.54, 1.807) is 29.2 Å². The summed E-state index contributed by atoms with van der Waals surface area (Å²) in [4.78, 5) is 26.3. The standard InChI is InChI=1S/C19H18ClNO3/c20-16-8-4-5-9-17(16)24-19(23)21-12-10-15(11-13-21)18(22)14-6-2-1-3-7-14/h1-9,15H,10-13H2. The van der Waals surface area contributed by atoms with Gasteiger partial charge in [-0.3, -0.25) is 4.79 Å². The fraction of sp³-hybridized carbons (Fsp3) is 0.263. The summed E-state index contributed by atoms with van der Waals surface area (Å²) in [5.41, 5.74) is 0.731. The lowest BCUT2D eigenvalue weighted by Crippen LogP contribution is -2.41. The first-order chi connectivity index (χ1) is 11.6. The summed E-state index contributed by atoms with van der Waals surface area (Å²) >= 11 is 6.00. The zero-order valence-electron chi connectivity index (χ0n) is 13.2. The van der Waals surface area contributed by atoms with Crippen LogP contribution in [0.4, 0.5) is 4.79 Å². The number of ether oxygens (including phenoxy) is 1. The molecule has 0 saturated carbocycles. The smallest absolute Gasteiger partial charge is 0.409 e. The number of hydrogen-bond donors (Lipinski definition) is 0. The molecule has 1 aliphatic heterocycles. The second-order valence-electron chi connectivity index (χ2n) is 5.79. The number of piperidine rings is 1. The Kier molecular flexibility index (Phi) is 5.16. The van der Waals surface area contributed by atoms with Crippen molar-refractivity contribution >= 4 is 23.5 Å². The molecular weight excluding hydrogens is 326 g/mol. The lowest BCUT2D eigenvalue weighted by molar-refractivity contribution is 0.0829. The highest BCUT2D eigenvalue weighted by molar-refractivity contribution is 6.32. The first kappa shape index (κ1) is 16.5. The van der Waals surface area contributed by atoms with Gasteiger partial charge in [-0.15, -0.1) is 0 Å². The third-order valence-corrected chi connectivity index (χ3v) is 4.53.